The van der Waals surface area contributed by atoms with Crippen LogP contribution in [0.3, 0.4) is 0 Å². The van der Waals surface area contributed by atoms with E-state index in [9.17, 15) is 10.1 Å². The zero-order chi connectivity index (χ0) is 24.0. The highest BCUT2D eigenvalue weighted by Crippen LogP contribution is 2.29. The van der Waals surface area contributed by atoms with Crippen LogP contribution >= 0.6 is 0 Å². The monoisotopic (exact) mass is 444 g/mol. The van der Waals surface area contributed by atoms with Crippen molar-refractivity contribution in [1.82, 2.24) is 15.0 Å². The zero-order valence-electron chi connectivity index (χ0n) is 19.5. The molecule has 0 spiro atoms. The van der Waals surface area contributed by atoms with Gasteiger partial charge in [0.25, 0.3) is 0 Å². The predicted molar refractivity (Wildman–Crippen MR) is 124 cm³/mol. The molecule has 0 radical (unpaired) electrons. The van der Waals surface area contributed by atoms with Gasteiger partial charge in [-0.25, -0.2) is 15.0 Å². The molecular formula is C26H28N4O3. The lowest BCUT2D eigenvalue weighted by molar-refractivity contribution is -0.150. The molecule has 0 fully saturated rings. The fourth-order valence-electron chi connectivity index (χ4n) is 3.26. The first-order valence-electron chi connectivity index (χ1n) is 10.8. The maximum Gasteiger partial charge on any atom is 0.315 e. The van der Waals surface area contributed by atoms with Gasteiger partial charge in [-0.2, -0.15) is 5.26 Å². The van der Waals surface area contributed by atoms with E-state index in [0.717, 1.165) is 0 Å². The van der Waals surface area contributed by atoms with Crippen molar-refractivity contribution >= 4 is 5.97 Å². The van der Waals surface area contributed by atoms with Crippen molar-refractivity contribution in [3.63, 3.8) is 0 Å². The van der Waals surface area contributed by atoms with Crippen LogP contribution in [0.4, 0.5) is 0 Å². The van der Waals surface area contributed by atoms with Crippen LogP contribution in [0.2, 0.25) is 0 Å². The number of aromatic nitrogens is 3. The first kappa shape index (κ1) is 23.9. The summed E-state index contributed by atoms with van der Waals surface area (Å²) >= 11 is 0. The summed E-state index contributed by atoms with van der Waals surface area (Å²) < 4.78 is 11.3. The highest BCUT2D eigenvalue weighted by atomic mass is 16.5. The molecule has 2 heterocycles. The van der Waals surface area contributed by atoms with Gasteiger partial charge in [-0.05, 0) is 24.1 Å². The largest absolute Gasteiger partial charge is 0.440 e. The minimum absolute atomic E-state index is 0.0818. The van der Waals surface area contributed by atoms with Crippen molar-refractivity contribution in [2.24, 2.45) is 5.92 Å². The smallest absolute Gasteiger partial charge is 0.315 e. The second-order valence-electron chi connectivity index (χ2n) is 9.07. The van der Waals surface area contributed by atoms with E-state index in [1.54, 1.807) is 42.7 Å². The van der Waals surface area contributed by atoms with E-state index in [0.29, 0.717) is 28.7 Å². The molecule has 3 rings (SSSR count). The minimum atomic E-state index is -1.17. The lowest BCUT2D eigenvalue weighted by Gasteiger charge is -2.22. The molecule has 2 unspecified atom stereocenters. The first-order chi connectivity index (χ1) is 15.7. The Bertz CT molecular complexity index is 1120. The lowest BCUT2D eigenvalue weighted by Crippen LogP contribution is -2.24. The number of hydrogen-bond acceptors (Lipinski definition) is 7. The van der Waals surface area contributed by atoms with Gasteiger partial charge in [-0.15, -0.1) is 0 Å². The normalized spacial score (nSPS) is 13.1. The van der Waals surface area contributed by atoms with Crippen LogP contribution < -0.4 is 4.74 Å². The fraction of sp³-hybridized carbons (Fsp3) is 0.346. The zero-order valence-corrected chi connectivity index (χ0v) is 19.5. The van der Waals surface area contributed by atoms with Crippen molar-refractivity contribution in [2.75, 3.05) is 0 Å². The average Bonchev–Trinajstić information content (AvgIpc) is 2.78. The van der Waals surface area contributed by atoms with Gasteiger partial charge in [0.2, 0.25) is 12.0 Å². The van der Waals surface area contributed by atoms with Crippen LogP contribution in [0.5, 0.6) is 11.6 Å². The first-order valence-corrected chi connectivity index (χ1v) is 10.8. The number of pyridine rings is 1. The Kier molecular flexibility index (Phi) is 7.39. The number of para-hydroxylation sites is 1. The van der Waals surface area contributed by atoms with Crippen LogP contribution in [-0.4, -0.2) is 20.9 Å². The topological polar surface area (TPSA) is 98.0 Å². The number of nitriles is 1. The summed E-state index contributed by atoms with van der Waals surface area (Å²) in [6.07, 6.45) is 2.15. The Balaban J connectivity index is 1.79. The fourth-order valence-corrected chi connectivity index (χ4v) is 3.26. The van der Waals surface area contributed by atoms with E-state index in [1.165, 1.54) is 0 Å². The van der Waals surface area contributed by atoms with E-state index in [-0.39, 0.29) is 11.3 Å². The number of rotatable bonds is 7. The van der Waals surface area contributed by atoms with Gasteiger partial charge < -0.3 is 9.47 Å². The Hall–Kier alpha value is -3.79. The van der Waals surface area contributed by atoms with Gasteiger partial charge >= 0.3 is 5.97 Å². The molecule has 0 aliphatic rings. The molecule has 33 heavy (non-hydrogen) atoms. The quantitative estimate of drug-likeness (QED) is 0.443. The van der Waals surface area contributed by atoms with Crippen LogP contribution in [0.1, 0.15) is 63.7 Å². The molecule has 3 aromatic rings. The molecule has 0 saturated heterocycles. The third-order valence-electron chi connectivity index (χ3n) is 4.95. The number of esters is 1. The van der Waals surface area contributed by atoms with Gasteiger partial charge in [0.05, 0.1) is 11.6 Å². The van der Waals surface area contributed by atoms with Gasteiger partial charge in [0.1, 0.15) is 17.6 Å². The highest BCUT2D eigenvalue weighted by molar-refractivity contribution is 5.78. The Morgan fingerprint density at radius 2 is 1.67 bits per heavy atom. The van der Waals surface area contributed by atoms with Crippen molar-refractivity contribution in [3.05, 3.63) is 78.0 Å². The summed E-state index contributed by atoms with van der Waals surface area (Å²) in [5, 5.41) is 9.69. The molecule has 7 nitrogen and oxygen atoms in total. The maximum atomic E-state index is 13.1. The van der Waals surface area contributed by atoms with Gasteiger partial charge in [0.15, 0.2) is 0 Å². The minimum Gasteiger partial charge on any atom is -0.440 e. The molecule has 0 saturated carbocycles. The molecular weight excluding hydrogens is 416 g/mol. The SMILES string of the molecule is CC(C)C(C(=O)OC(C#N)c1cccc(Oc2ccccc2)n1)c1cnc(C(C)(C)C)nc1. The Morgan fingerprint density at radius 1 is 1.00 bits per heavy atom. The van der Waals surface area contributed by atoms with Crippen LogP contribution in [0.25, 0.3) is 0 Å². The number of benzene rings is 1. The van der Waals surface area contributed by atoms with Crippen LogP contribution in [0.15, 0.2) is 60.9 Å². The standard InChI is InChI=1S/C26H28N4O3/c1-17(2)23(18-15-28-25(29-16-18)26(3,4)5)24(31)33-21(14-27)20-12-9-13-22(30-20)32-19-10-7-6-8-11-19/h6-13,15-17,21,23H,1-5H3. The maximum absolute atomic E-state index is 13.1. The van der Waals surface area contributed by atoms with E-state index >= 15 is 0 Å². The van der Waals surface area contributed by atoms with E-state index < -0.39 is 18.0 Å². The molecule has 2 aromatic heterocycles. The molecule has 170 valence electrons. The molecule has 7 heteroatoms. The molecule has 0 bridgehead atoms. The second kappa shape index (κ2) is 10.2. The third-order valence-corrected chi connectivity index (χ3v) is 4.95. The number of hydrogen-bond donors (Lipinski definition) is 0. The summed E-state index contributed by atoms with van der Waals surface area (Å²) in [6, 6.07) is 16.2. The molecule has 0 aliphatic carbocycles. The second-order valence-corrected chi connectivity index (χ2v) is 9.07. The average molecular weight is 445 g/mol. The van der Waals surface area contributed by atoms with Crippen molar-refractivity contribution in [1.29, 1.82) is 5.26 Å². The molecule has 1 aromatic carbocycles. The predicted octanol–water partition coefficient (Wildman–Crippen LogP) is 5.51. The summed E-state index contributed by atoms with van der Waals surface area (Å²) in [4.78, 5) is 26.3. The van der Waals surface area contributed by atoms with E-state index in [1.807, 2.05) is 58.9 Å². The van der Waals surface area contributed by atoms with E-state index in [4.69, 9.17) is 9.47 Å². The highest BCUT2D eigenvalue weighted by Gasteiger charge is 2.30. The van der Waals surface area contributed by atoms with Gasteiger partial charge in [-0.1, -0.05) is 58.9 Å². The number of carbonyl (C=O) groups is 1. The summed E-state index contributed by atoms with van der Waals surface area (Å²) in [7, 11) is 0. The van der Waals surface area contributed by atoms with Crippen LogP contribution in [-0.2, 0) is 14.9 Å². The molecule has 0 aliphatic heterocycles. The molecule has 0 amide bonds. The van der Waals surface area contributed by atoms with Crippen LogP contribution in [0, 0.1) is 17.2 Å². The number of nitrogens with zero attached hydrogens (tertiary/aromatic N) is 4. The summed E-state index contributed by atoms with van der Waals surface area (Å²) in [5.41, 5.74) is 0.742. The lowest BCUT2D eigenvalue weighted by atomic mass is 9.89. The van der Waals surface area contributed by atoms with Crippen molar-refractivity contribution in [2.45, 2.75) is 52.1 Å². The van der Waals surface area contributed by atoms with Crippen molar-refractivity contribution in [3.8, 4) is 17.7 Å². The van der Waals surface area contributed by atoms with E-state index in [2.05, 4.69) is 15.0 Å². The Labute approximate surface area is 194 Å². The van der Waals surface area contributed by atoms with Gasteiger partial charge in [-0.3, -0.25) is 4.79 Å². The summed E-state index contributed by atoms with van der Waals surface area (Å²) in [5.74, 6) is 0.393. The molecule has 2 atom stereocenters. The number of ether oxygens (including phenoxy) is 2. The third kappa shape index (κ3) is 6.13. The summed E-state index contributed by atoms with van der Waals surface area (Å²) in [6.45, 7) is 9.90. The van der Waals surface area contributed by atoms with Gasteiger partial charge in [0, 0.05) is 29.4 Å². The number of carbonyl (C=O) groups excluding carboxylic acids is 1. The van der Waals surface area contributed by atoms with Crippen molar-refractivity contribution < 1.29 is 14.3 Å². The molecule has 0 N–H and O–H groups in total. The Morgan fingerprint density at radius 3 is 2.24 bits per heavy atom.